The maximum absolute atomic E-state index is 8.45. The maximum atomic E-state index is 8.45. The molecule has 2 heteroatoms. The summed E-state index contributed by atoms with van der Waals surface area (Å²) in [6, 6.07) is 2.20. The summed E-state index contributed by atoms with van der Waals surface area (Å²) < 4.78 is 0. The Balaban J connectivity index is 0. The SMILES string of the molecule is [CH2-]CCC(C)(C)C#N.[Li+]. The molecule has 1 nitrogen and oxygen atoms in total. The Hall–Kier alpha value is 0.0874. The Bertz CT molecular complexity index is 102. The first-order valence-electron chi connectivity index (χ1n) is 2.83. The minimum atomic E-state index is -0.165. The van der Waals surface area contributed by atoms with Crippen LogP contribution in [0.5, 0.6) is 0 Å². The smallest absolute Gasteiger partial charge is 0.343 e. The van der Waals surface area contributed by atoms with Gasteiger partial charge < -0.3 is 6.92 Å². The minimum Gasteiger partial charge on any atom is -0.343 e. The van der Waals surface area contributed by atoms with Gasteiger partial charge in [0, 0.05) is 5.41 Å². The van der Waals surface area contributed by atoms with Gasteiger partial charge in [-0.1, -0.05) is 6.42 Å². The molecule has 0 spiro atoms. The van der Waals surface area contributed by atoms with E-state index in [0.29, 0.717) is 0 Å². The Morgan fingerprint density at radius 2 is 2.00 bits per heavy atom. The zero-order chi connectivity index (χ0) is 6.62. The van der Waals surface area contributed by atoms with Crippen molar-refractivity contribution in [3.63, 3.8) is 0 Å². The van der Waals surface area contributed by atoms with Gasteiger partial charge >= 0.3 is 18.9 Å². The Kier molecular flexibility index (Phi) is 6.47. The molecule has 0 aromatic carbocycles. The van der Waals surface area contributed by atoms with Crippen LogP contribution >= 0.6 is 0 Å². The van der Waals surface area contributed by atoms with Crippen molar-refractivity contribution >= 4 is 0 Å². The molecule has 46 valence electrons. The van der Waals surface area contributed by atoms with E-state index in [1.54, 1.807) is 0 Å². The number of rotatable bonds is 2. The molecular weight excluding hydrogens is 105 g/mol. The number of hydrogen-bond acceptors (Lipinski definition) is 1. The van der Waals surface area contributed by atoms with Crippen molar-refractivity contribution in [1.82, 2.24) is 0 Å². The summed E-state index contributed by atoms with van der Waals surface area (Å²) in [7, 11) is 0. The zero-order valence-corrected chi connectivity index (χ0v) is 6.57. The van der Waals surface area contributed by atoms with Gasteiger partial charge in [0.05, 0.1) is 6.07 Å². The molecule has 0 amide bonds. The summed E-state index contributed by atoms with van der Waals surface area (Å²) in [4.78, 5) is 0. The van der Waals surface area contributed by atoms with E-state index in [0.717, 1.165) is 12.8 Å². The molecule has 9 heavy (non-hydrogen) atoms. The molecule has 0 radical (unpaired) electrons. The van der Waals surface area contributed by atoms with E-state index >= 15 is 0 Å². The molecule has 0 N–H and O–H groups in total. The Labute approximate surface area is 69.6 Å². The Morgan fingerprint density at radius 1 is 1.56 bits per heavy atom. The van der Waals surface area contributed by atoms with Crippen LogP contribution in [-0.2, 0) is 0 Å². The normalized spacial score (nSPS) is 9.56. The van der Waals surface area contributed by atoms with Crippen LogP contribution in [0.4, 0.5) is 0 Å². The van der Waals surface area contributed by atoms with E-state index in [-0.39, 0.29) is 24.3 Å². The van der Waals surface area contributed by atoms with Gasteiger partial charge in [-0.2, -0.15) is 11.7 Å². The van der Waals surface area contributed by atoms with Crippen LogP contribution in [0.25, 0.3) is 0 Å². The van der Waals surface area contributed by atoms with Crippen LogP contribution in [0.1, 0.15) is 26.7 Å². The first-order chi connectivity index (χ1) is 3.62. The van der Waals surface area contributed by atoms with Gasteiger partial charge in [-0.3, -0.25) is 0 Å². The van der Waals surface area contributed by atoms with E-state index in [4.69, 9.17) is 5.26 Å². The fourth-order valence-corrected chi connectivity index (χ4v) is 0.498. The van der Waals surface area contributed by atoms with Gasteiger partial charge in [0.1, 0.15) is 0 Å². The molecule has 0 aliphatic carbocycles. The molecule has 0 heterocycles. The van der Waals surface area contributed by atoms with Crippen molar-refractivity contribution in [2.75, 3.05) is 0 Å². The summed E-state index contributed by atoms with van der Waals surface area (Å²) in [6.45, 7) is 7.53. The summed E-state index contributed by atoms with van der Waals surface area (Å²) in [5, 5.41) is 8.45. The maximum Gasteiger partial charge on any atom is 1.00 e. The molecule has 0 aromatic rings. The van der Waals surface area contributed by atoms with Gasteiger partial charge in [-0.15, -0.1) is 0 Å². The fourth-order valence-electron chi connectivity index (χ4n) is 0.498. The van der Waals surface area contributed by atoms with Crippen LogP contribution in [-0.4, -0.2) is 0 Å². The molecule has 0 unspecified atom stereocenters. The third-order valence-corrected chi connectivity index (χ3v) is 1.10. The van der Waals surface area contributed by atoms with Crippen molar-refractivity contribution in [2.45, 2.75) is 26.7 Å². The summed E-state index contributed by atoms with van der Waals surface area (Å²) in [6.07, 6.45) is 1.74. The molecule has 0 bridgehead atoms. The van der Waals surface area contributed by atoms with Crippen molar-refractivity contribution in [3.05, 3.63) is 6.92 Å². The van der Waals surface area contributed by atoms with Gasteiger partial charge in [0.2, 0.25) is 0 Å². The molecular formula is C7H12LiN. The molecule has 0 aliphatic heterocycles. The van der Waals surface area contributed by atoms with E-state index < -0.39 is 0 Å². The molecule has 0 saturated carbocycles. The third kappa shape index (κ3) is 5.97. The van der Waals surface area contributed by atoms with E-state index in [9.17, 15) is 0 Å². The minimum absolute atomic E-state index is 0. The van der Waals surface area contributed by atoms with Gasteiger partial charge in [0.25, 0.3) is 0 Å². The van der Waals surface area contributed by atoms with Crippen molar-refractivity contribution < 1.29 is 18.9 Å². The summed E-state index contributed by atoms with van der Waals surface area (Å²) in [5.41, 5.74) is -0.165. The molecule has 0 saturated heterocycles. The standard InChI is InChI=1S/C7H12N.Li/c1-4-5-7(2,3)6-8;/h1,4-5H2,2-3H3;/q-1;+1. The summed E-state index contributed by atoms with van der Waals surface area (Å²) >= 11 is 0. The molecule has 0 atom stereocenters. The topological polar surface area (TPSA) is 23.8 Å². The first-order valence-corrected chi connectivity index (χ1v) is 2.83. The predicted molar refractivity (Wildman–Crippen MR) is 34.0 cm³/mol. The molecule has 0 aromatic heterocycles. The predicted octanol–water partition coefficient (Wildman–Crippen LogP) is -0.846. The van der Waals surface area contributed by atoms with Crippen molar-refractivity contribution in [3.8, 4) is 6.07 Å². The second kappa shape index (κ2) is 4.92. The van der Waals surface area contributed by atoms with E-state index in [1.165, 1.54) is 0 Å². The van der Waals surface area contributed by atoms with Gasteiger partial charge in [-0.25, -0.2) is 0 Å². The second-order valence-electron chi connectivity index (χ2n) is 2.60. The number of nitriles is 1. The van der Waals surface area contributed by atoms with Crippen LogP contribution in [0.3, 0.4) is 0 Å². The van der Waals surface area contributed by atoms with Gasteiger partial charge in [0.15, 0.2) is 0 Å². The third-order valence-electron chi connectivity index (χ3n) is 1.10. The van der Waals surface area contributed by atoms with E-state index in [2.05, 4.69) is 13.0 Å². The van der Waals surface area contributed by atoms with Crippen LogP contribution < -0.4 is 18.9 Å². The summed E-state index contributed by atoms with van der Waals surface area (Å²) in [5.74, 6) is 0. The molecule has 0 aliphatic rings. The second-order valence-corrected chi connectivity index (χ2v) is 2.60. The largest absolute Gasteiger partial charge is 1.00 e. The fraction of sp³-hybridized carbons (Fsp3) is 0.714. The average Bonchev–Trinajstić information content (AvgIpc) is 1.67. The molecule has 0 fully saturated rings. The van der Waals surface area contributed by atoms with E-state index in [1.807, 2.05) is 13.8 Å². The van der Waals surface area contributed by atoms with Crippen molar-refractivity contribution in [2.24, 2.45) is 5.41 Å². The van der Waals surface area contributed by atoms with Crippen LogP contribution in [0.15, 0.2) is 0 Å². The molecule has 0 rings (SSSR count). The zero-order valence-electron chi connectivity index (χ0n) is 6.57. The average molecular weight is 117 g/mol. The first kappa shape index (κ1) is 11.8. The number of nitrogens with zero attached hydrogens (tertiary/aromatic N) is 1. The quantitative estimate of drug-likeness (QED) is 0.341. The monoisotopic (exact) mass is 117 g/mol. The van der Waals surface area contributed by atoms with Crippen LogP contribution in [0, 0.1) is 23.7 Å². The van der Waals surface area contributed by atoms with Crippen molar-refractivity contribution in [1.29, 1.82) is 5.26 Å². The number of hydrogen-bond donors (Lipinski definition) is 0. The Morgan fingerprint density at radius 3 is 2.11 bits per heavy atom. The van der Waals surface area contributed by atoms with Crippen LogP contribution in [0.2, 0.25) is 0 Å². The van der Waals surface area contributed by atoms with Gasteiger partial charge in [-0.05, 0) is 13.8 Å².